The second-order valence-corrected chi connectivity index (χ2v) is 10.1. The van der Waals surface area contributed by atoms with Gasteiger partial charge in [-0.05, 0) is 57.4 Å². The molecule has 2 heterocycles. The van der Waals surface area contributed by atoms with Gasteiger partial charge < -0.3 is 18.9 Å². The number of hydrogen-bond donors (Lipinski definition) is 0. The van der Waals surface area contributed by atoms with Crippen molar-refractivity contribution in [2.45, 2.75) is 53.6 Å². The predicted molar refractivity (Wildman–Crippen MR) is 133 cm³/mol. The van der Waals surface area contributed by atoms with Crippen LogP contribution in [0.5, 0.6) is 0 Å². The molecule has 0 aromatic heterocycles. The SMILES string of the molecule is C=C/C(F)=C\C.CC1(C)COB(c2ccc(C3=CCN(C(=O)OC(C)(C)C)CC3)cc2F)OC1. The molecular formula is C26H36BF2NO4. The number of carbonyl (C=O) groups excluding carboxylic acids is 1. The quantitative estimate of drug-likeness (QED) is 0.418. The van der Waals surface area contributed by atoms with E-state index >= 15 is 0 Å². The molecule has 3 rings (SSSR count). The fourth-order valence-corrected chi connectivity index (χ4v) is 3.33. The topological polar surface area (TPSA) is 48.0 Å². The molecule has 1 saturated heterocycles. The van der Waals surface area contributed by atoms with Crippen molar-refractivity contribution < 1.29 is 27.6 Å². The monoisotopic (exact) mass is 475 g/mol. The lowest BCUT2D eigenvalue weighted by Gasteiger charge is -2.33. The number of nitrogens with zero attached hydrogens (tertiary/aromatic N) is 1. The Hall–Kier alpha value is -2.45. The molecule has 0 N–H and O–H groups in total. The number of ether oxygens (including phenoxy) is 1. The second kappa shape index (κ2) is 11.8. The highest BCUT2D eigenvalue weighted by atomic mass is 19.1. The molecular weight excluding hydrogens is 439 g/mol. The van der Waals surface area contributed by atoms with Gasteiger partial charge in [0.15, 0.2) is 0 Å². The highest BCUT2D eigenvalue weighted by molar-refractivity contribution is 6.61. The average Bonchev–Trinajstić information content (AvgIpc) is 2.78. The molecule has 5 nitrogen and oxygen atoms in total. The summed E-state index contributed by atoms with van der Waals surface area (Å²) in [5.74, 6) is -0.604. The Kier molecular flexibility index (Phi) is 9.65. The molecule has 0 bridgehead atoms. The highest BCUT2D eigenvalue weighted by Gasteiger charge is 2.35. The Morgan fingerprint density at radius 3 is 2.35 bits per heavy atom. The van der Waals surface area contributed by atoms with Crippen molar-refractivity contribution in [3.05, 3.63) is 60.2 Å². The van der Waals surface area contributed by atoms with E-state index in [1.165, 1.54) is 18.2 Å². The summed E-state index contributed by atoms with van der Waals surface area (Å²) < 4.78 is 43.1. The minimum Gasteiger partial charge on any atom is -0.444 e. The average molecular weight is 475 g/mol. The maximum Gasteiger partial charge on any atom is 0.496 e. The molecule has 0 saturated carbocycles. The maximum atomic E-state index is 14.7. The number of amides is 1. The third kappa shape index (κ3) is 8.40. The first-order chi connectivity index (χ1) is 15.8. The van der Waals surface area contributed by atoms with Gasteiger partial charge in [0.05, 0.1) is 0 Å². The summed E-state index contributed by atoms with van der Waals surface area (Å²) in [6.45, 7) is 16.5. The van der Waals surface area contributed by atoms with E-state index in [-0.39, 0.29) is 23.2 Å². The molecule has 186 valence electrons. The van der Waals surface area contributed by atoms with Gasteiger partial charge in [0.25, 0.3) is 0 Å². The van der Waals surface area contributed by atoms with Crippen molar-refractivity contribution in [3.8, 4) is 0 Å². The van der Waals surface area contributed by atoms with E-state index in [2.05, 4.69) is 20.4 Å². The first-order valence-electron chi connectivity index (χ1n) is 11.5. The van der Waals surface area contributed by atoms with E-state index in [1.807, 2.05) is 32.9 Å². The number of carbonyl (C=O) groups is 1. The normalized spacial score (nSPS) is 18.5. The number of benzene rings is 1. The molecule has 1 aromatic rings. The van der Waals surface area contributed by atoms with Crippen LogP contribution in [0.25, 0.3) is 5.57 Å². The molecule has 0 aliphatic carbocycles. The lowest BCUT2D eigenvalue weighted by Crippen LogP contribution is -2.48. The second-order valence-electron chi connectivity index (χ2n) is 10.1. The first-order valence-corrected chi connectivity index (χ1v) is 11.5. The summed E-state index contributed by atoms with van der Waals surface area (Å²) >= 11 is 0. The third-order valence-electron chi connectivity index (χ3n) is 5.21. The van der Waals surface area contributed by atoms with Crippen LogP contribution in [0.4, 0.5) is 13.6 Å². The van der Waals surface area contributed by atoms with Crippen LogP contribution in [0, 0.1) is 11.2 Å². The predicted octanol–water partition coefficient (Wildman–Crippen LogP) is 5.66. The summed E-state index contributed by atoms with van der Waals surface area (Å²) in [5, 5.41) is 0. The molecule has 34 heavy (non-hydrogen) atoms. The van der Waals surface area contributed by atoms with Crippen molar-refractivity contribution in [1.29, 1.82) is 0 Å². The van der Waals surface area contributed by atoms with Gasteiger partial charge in [-0.1, -0.05) is 44.7 Å². The van der Waals surface area contributed by atoms with E-state index in [9.17, 15) is 13.6 Å². The summed E-state index contributed by atoms with van der Waals surface area (Å²) in [4.78, 5) is 13.8. The van der Waals surface area contributed by atoms with Crippen LogP contribution in [-0.4, -0.2) is 50.0 Å². The van der Waals surface area contributed by atoms with Crippen LogP contribution in [0.15, 0.2) is 48.8 Å². The maximum absolute atomic E-state index is 14.7. The van der Waals surface area contributed by atoms with E-state index in [4.69, 9.17) is 14.0 Å². The van der Waals surface area contributed by atoms with Crippen LogP contribution in [0.1, 0.15) is 53.5 Å². The zero-order valence-electron chi connectivity index (χ0n) is 21.1. The summed E-state index contributed by atoms with van der Waals surface area (Å²) in [6, 6.07) is 5.14. The smallest absolute Gasteiger partial charge is 0.444 e. The lowest BCUT2D eigenvalue weighted by molar-refractivity contribution is 0.0270. The van der Waals surface area contributed by atoms with Crippen molar-refractivity contribution >= 4 is 24.2 Å². The summed E-state index contributed by atoms with van der Waals surface area (Å²) in [6.07, 6.45) is 4.81. The highest BCUT2D eigenvalue weighted by Crippen LogP contribution is 2.25. The molecule has 1 amide bonds. The molecule has 0 spiro atoms. The zero-order valence-corrected chi connectivity index (χ0v) is 21.1. The zero-order chi connectivity index (χ0) is 25.5. The number of hydrogen-bond acceptors (Lipinski definition) is 4. The minimum atomic E-state index is -0.662. The lowest BCUT2D eigenvalue weighted by atomic mass is 9.75. The summed E-state index contributed by atoms with van der Waals surface area (Å²) in [5.41, 5.74) is 1.70. The van der Waals surface area contributed by atoms with Gasteiger partial charge in [0.1, 0.15) is 17.2 Å². The Balaban J connectivity index is 0.000000604. The van der Waals surface area contributed by atoms with Gasteiger partial charge in [-0.15, -0.1) is 0 Å². The molecule has 1 aromatic carbocycles. The fourth-order valence-electron chi connectivity index (χ4n) is 3.33. The molecule has 1 fully saturated rings. The van der Waals surface area contributed by atoms with E-state index < -0.39 is 12.7 Å². The van der Waals surface area contributed by atoms with Crippen LogP contribution in [-0.2, 0) is 14.0 Å². The van der Waals surface area contributed by atoms with Gasteiger partial charge >= 0.3 is 13.2 Å². The van der Waals surface area contributed by atoms with E-state index in [1.54, 1.807) is 17.9 Å². The summed E-state index contributed by atoms with van der Waals surface area (Å²) in [7, 11) is -0.662. The van der Waals surface area contributed by atoms with Crippen LogP contribution < -0.4 is 5.46 Å². The van der Waals surface area contributed by atoms with E-state index in [0.717, 1.165) is 11.1 Å². The van der Waals surface area contributed by atoms with Crippen molar-refractivity contribution in [1.82, 2.24) is 4.90 Å². The van der Waals surface area contributed by atoms with Crippen molar-refractivity contribution in [3.63, 3.8) is 0 Å². The molecule has 2 aliphatic heterocycles. The van der Waals surface area contributed by atoms with Gasteiger partial charge in [-0.25, -0.2) is 13.6 Å². The van der Waals surface area contributed by atoms with E-state index in [0.29, 0.717) is 38.2 Å². The molecule has 2 aliphatic rings. The fraction of sp³-hybridized carbons (Fsp3) is 0.500. The van der Waals surface area contributed by atoms with Crippen LogP contribution >= 0.6 is 0 Å². The Morgan fingerprint density at radius 1 is 1.26 bits per heavy atom. The van der Waals surface area contributed by atoms with Gasteiger partial charge in [-0.3, -0.25) is 0 Å². The van der Waals surface area contributed by atoms with Gasteiger partial charge in [0, 0.05) is 37.2 Å². The third-order valence-corrected chi connectivity index (χ3v) is 5.21. The Labute approximate surface area is 202 Å². The first kappa shape index (κ1) is 27.8. The van der Waals surface area contributed by atoms with Gasteiger partial charge in [-0.2, -0.15) is 0 Å². The minimum absolute atomic E-state index is 0.0557. The number of rotatable bonds is 3. The molecule has 0 atom stereocenters. The number of allylic oxidation sites excluding steroid dienone is 3. The van der Waals surface area contributed by atoms with Crippen LogP contribution in [0.3, 0.4) is 0 Å². The van der Waals surface area contributed by atoms with Crippen molar-refractivity contribution in [2.24, 2.45) is 5.41 Å². The molecule has 0 radical (unpaired) electrons. The standard InChI is InChI=1S/C21H29BFNO4.C5H7F/c1-20(2,3)28-19(25)24-10-8-15(9-11-24)16-6-7-17(18(23)12-16)22-26-13-21(4,5)14-27-22;1-3-5(6)4-2/h6-8,12H,9-11,13-14H2,1-5H3;3-4H,1H2,2H3/b;5-4+. The molecule has 0 unspecified atom stereocenters. The van der Waals surface area contributed by atoms with Gasteiger partial charge in [0.2, 0.25) is 0 Å². The Morgan fingerprint density at radius 2 is 1.91 bits per heavy atom. The van der Waals surface area contributed by atoms with Crippen molar-refractivity contribution in [2.75, 3.05) is 26.3 Å². The van der Waals surface area contributed by atoms with Crippen LogP contribution in [0.2, 0.25) is 0 Å². The number of halogens is 2. The Bertz CT molecular complexity index is 927. The largest absolute Gasteiger partial charge is 0.496 e. The molecule has 8 heteroatoms.